The van der Waals surface area contributed by atoms with E-state index in [-0.39, 0.29) is 17.4 Å². The van der Waals surface area contributed by atoms with E-state index in [4.69, 9.17) is 0 Å². The number of pyridine rings is 1. The van der Waals surface area contributed by atoms with Crippen LogP contribution in [0, 0.1) is 11.3 Å². The van der Waals surface area contributed by atoms with Crippen molar-refractivity contribution >= 4 is 28.0 Å². The molecular weight excluding hydrogens is 314 g/mol. The molecule has 2 atom stereocenters. The van der Waals surface area contributed by atoms with Crippen molar-refractivity contribution in [2.24, 2.45) is 11.3 Å². The van der Waals surface area contributed by atoms with Gasteiger partial charge in [0.2, 0.25) is 5.91 Å². The Bertz CT molecular complexity index is 969. The number of fused-ring (bicyclic) bond motifs is 3. The zero-order valence-electron chi connectivity index (χ0n) is 14.7. The summed E-state index contributed by atoms with van der Waals surface area (Å²) in [6.07, 6.45) is 8.81. The lowest BCUT2D eigenvalue weighted by atomic mass is 10.0. The molecule has 3 aromatic heterocycles. The first-order chi connectivity index (χ1) is 12.0. The van der Waals surface area contributed by atoms with Gasteiger partial charge in [0, 0.05) is 30.6 Å². The van der Waals surface area contributed by atoms with E-state index in [2.05, 4.69) is 44.3 Å². The molecule has 130 valence electrons. The second-order valence-electron chi connectivity index (χ2n) is 8.21. The maximum atomic E-state index is 12.8. The average Bonchev–Trinajstić information content (AvgIpc) is 3.00. The predicted octanol–water partition coefficient (Wildman–Crippen LogP) is 3.12. The van der Waals surface area contributed by atoms with Crippen molar-refractivity contribution in [3.8, 4) is 0 Å². The SMILES string of the molecule is CC1(C)CC1C(=O)N1CCC[C@@H](n2cnc3cnc4[nH]ccc4c32)C1. The van der Waals surface area contributed by atoms with Gasteiger partial charge < -0.3 is 14.5 Å². The van der Waals surface area contributed by atoms with Gasteiger partial charge in [-0.15, -0.1) is 0 Å². The molecule has 0 bridgehead atoms. The van der Waals surface area contributed by atoms with Crippen molar-refractivity contribution in [2.45, 2.75) is 39.2 Å². The summed E-state index contributed by atoms with van der Waals surface area (Å²) in [7, 11) is 0. The number of hydrogen-bond donors (Lipinski definition) is 1. The van der Waals surface area contributed by atoms with Crippen LogP contribution in [0.15, 0.2) is 24.8 Å². The van der Waals surface area contributed by atoms with Gasteiger partial charge >= 0.3 is 0 Å². The van der Waals surface area contributed by atoms with Gasteiger partial charge in [-0.25, -0.2) is 9.97 Å². The normalized spacial score (nSPS) is 25.6. The van der Waals surface area contributed by atoms with Crippen molar-refractivity contribution in [1.29, 1.82) is 0 Å². The molecule has 6 nitrogen and oxygen atoms in total. The Kier molecular flexibility index (Phi) is 3.03. The van der Waals surface area contributed by atoms with Crippen LogP contribution < -0.4 is 0 Å². The number of carbonyl (C=O) groups excluding carboxylic acids is 1. The molecule has 1 unspecified atom stereocenters. The Labute approximate surface area is 146 Å². The number of rotatable bonds is 2. The molecule has 1 aliphatic carbocycles. The highest BCUT2D eigenvalue weighted by Gasteiger charge is 2.52. The molecule has 4 heterocycles. The molecule has 1 N–H and O–H groups in total. The molecule has 0 aromatic carbocycles. The number of aromatic amines is 1. The van der Waals surface area contributed by atoms with E-state index in [1.54, 1.807) is 0 Å². The zero-order valence-corrected chi connectivity index (χ0v) is 14.7. The number of nitrogens with zero attached hydrogens (tertiary/aromatic N) is 4. The number of piperidine rings is 1. The largest absolute Gasteiger partial charge is 0.346 e. The molecule has 5 rings (SSSR count). The summed E-state index contributed by atoms with van der Waals surface area (Å²) < 4.78 is 2.25. The van der Waals surface area contributed by atoms with E-state index in [0.29, 0.717) is 5.91 Å². The van der Waals surface area contributed by atoms with E-state index in [1.807, 2.05) is 18.7 Å². The van der Waals surface area contributed by atoms with E-state index in [9.17, 15) is 4.79 Å². The fourth-order valence-corrected chi connectivity index (χ4v) is 4.30. The Hall–Kier alpha value is -2.37. The average molecular weight is 337 g/mol. The van der Waals surface area contributed by atoms with Crippen molar-refractivity contribution in [2.75, 3.05) is 13.1 Å². The number of imidazole rings is 1. The fourth-order valence-electron chi connectivity index (χ4n) is 4.30. The summed E-state index contributed by atoms with van der Waals surface area (Å²) in [6, 6.07) is 2.34. The summed E-state index contributed by atoms with van der Waals surface area (Å²) in [5.74, 6) is 0.555. The highest BCUT2D eigenvalue weighted by atomic mass is 16.2. The minimum absolute atomic E-state index is 0.189. The Morgan fingerprint density at radius 2 is 2.20 bits per heavy atom. The first kappa shape index (κ1) is 14.9. The Balaban J connectivity index is 1.48. The third-order valence-electron chi connectivity index (χ3n) is 6.03. The van der Waals surface area contributed by atoms with Gasteiger partial charge in [-0.3, -0.25) is 4.79 Å². The quantitative estimate of drug-likeness (QED) is 0.781. The minimum atomic E-state index is 0.189. The third-order valence-corrected chi connectivity index (χ3v) is 6.03. The smallest absolute Gasteiger partial charge is 0.226 e. The molecule has 0 radical (unpaired) electrons. The molecule has 1 saturated carbocycles. The van der Waals surface area contributed by atoms with Gasteiger partial charge in [-0.1, -0.05) is 13.8 Å². The highest BCUT2D eigenvalue weighted by Crippen LogP contribution is 2.52. The molecule has 1 saturated heterocycles. The molecule has 3 aromatic rings. The lowest BCUT2D eigenvalue weighted by Crippen LogP contribution is -2.42. The highest BCUT2D eigenvalue weighted by molar-refractivity contribution is 6.01. The van der Waals surface area contributed by atoms with Crippen LogP contribution in [0.25, 0.3) is 22.1 Å². The first-order valence-electron chi connectivity index (χ1n) is 9.12. The van der Waals surface area contributed by atoms with E-state index >= 15 is 0 Å². The Morgan fingerprint density at radius 1 is 1.36 bits per heavy atom. The van der Waals surface area contributed by atoms with Crippen molar-refractivity contribution in [3.05, 3.63) is 24.8 Å². The molecule has 2 aliphatic rings. The third kappa shape index (κ3) is 2.27. The summed E-state index contributed by atoms with van der Waals surface area (Å²) in [5, 5.41) is 1.10. The van der Waals surface area contributed by atoms with Crippen LogP contribution >= 0.6 is 0 Å². The lowest BCUT2D eigenvalue weighted by molar-refractivity contribution is -0.134. The summed E-state index contributed by atoms with van der Waals surface area (Å²) in [6.45, 7) is 6.05. The van der Waals surface area contributed by atoms with Gasteiger partial charge in [0.1, 0.15) is 11.2 Å². The van der Waals surface area contributed by atoms with E-state index in [0.717, 1.165) is 54.4 Å². The van der Waals surface area contributed by atoms with Crippen LogP contribution in [0.3, 0.4) is 0 Å². The van der Waals surface area contributed by atoms with Crippen molar-refractivity contribution in [3.63, 3.8) is 0 Å². The number of aromatic nitrogens is 4. The van der Waals surface area contributed by atoms with Crippen LogP contribution in [0.2, 0.25) is 0 Å². The molecule has 0 spiro atoms. The van der Waals surface area contributed by atoms with Crippen molar-refractivity contribution < 1.29 is 4.79 Å². The minimum Gasteiger partial charge on any atom is -0.346 e. The van der Waals surface area contributed by atoms with Crippen LogP contribution in [0.4, 0.5) is 0 Å². The monoisotopic (exact) mass is 337 g/mol. The molecule has 6 heteroatoms. The van der Waals surface area contributed by atoms with Crippen LogP contribution in [-0.4, -0.2) is 43.4 Å². The summed E-state index contributed by atoms with van der Waals surface area (Å²) in [4.78, 5) is 27.0. The summed E-state index contributed by atoms with van der Waals surface area (Å²) in [5.41, 5.74) is 3.11. The number of amides is 1. The van der Waals surface area contributed by atoms with Gasteiger partial charge in [-0.2, -0.15) is 0 Å². The Morgan fingerprint density at radius 3 is 3.00 bits per heavy atom. The fraction of sp³-hybridized carbons (Fsp3) is 0.526. The second kappa shape index (κ2) is 5.07. The van der Waals surface area contributed by atoms with Crippen LogP contribution in [-0.2, 0) is 4.79 Å². The molecule has 25 heavy (non-hydrogen) atoms. The zero-order chi connectivity index (χ0) is 17.2. The van der Waals surface area contributed by atoms with Gasteiger partial charge in [0.15, 0.2) is 0 Å². The van der Waals surface area contributed by atoms with Gasteiger partial charge in [-0.05, 0) is 30.7 Å². The number of H-pyrrole nitrogens is 1. The molecule has 1 amide bonds. The maximum Gasteiger partial charge on any atom is 0.226 e. The van der Waals surface area contributed by atoms with Gasteiger partial charge in [0.05, 0.1) is 24.1 Å². The van der Waals surface area contributed by atoms with E-state index < -0.39 is 0 Å². The molecular formula is C19H23N5O. The number of hydrogen-bond acceptors (Lipinski definition) is 3. The number of nitrogens with one attached hydrogen (secondary N) is 1. The van der Waals surface area contributed by atoms with Crippen LogP contribution in [0.1, 0.15) is 39.2 Å². The molecule has 2 fully saturated rings. The van der Waals surface area contributed by atoms with Crippen molar-refractivity contribution in [1.82, 2.24) is 24.4 Å². The predicted molar refractivity (Wildman–Crippen MR) is 96.1 cm³/mol. The standard InChI is InChI=1S/C19H23N5O/c1-19(2)8-14(19)18(25)23-7-3-4-12(10-23)24-11-22-15-9-21-17-13(16(15)24)5-6-20-17/h5-6,9,11-12,14H,3-4,7-8,10H2,1-2H3,(H,20,21)/t12-,14?/m1/s1. The summed E-state index contributed by atoms with van der Waals surface area (Å²) >= 11 is 0. The van der Waals surface area contributed by atoms with E-state index in [1.165, 1.54) is 0 Å². The first-order valence-corrected chi connectivity index (χ1v) is 9.12. The van der Waals surface area contributed by atoms with Gasteiger partial charge in [0.25, 0.3) is 0 Å². The molecule has 1 aliphatic heterocycles. The number of carbonyl (C=O) groups is 1. The maximum absolute atomic E-state index is 12.8. The topological polar surface area (TPSA) is 66.8 Å². The van der Waals surface area contributed by atoms with Crippen LogP contribution in [0.5, 0.6) is 0 Å². The second-order valence-corrected chi connectivity index (χ2v) is 8.21. The lowest BCUT2D eigenvalue weighted by Gasteiger charge is -2.34. The number of likely N-dealkylation sites (tertiary alicyclic amines) is 1.